The quantitative estimate of drug-likeness (QED) is 0.467. The summed E-state index contributed by atoms with van der Waals surface area (Å²) >= 11 is 0. The van der Waals surface area contributed by atoms with Gasteiger partial charge < -0.3 is 5.32 Å². The van der Waals surface area contributed by atoms with Crippen LogP contribution < -0.4 is 5.32 Å². The van der Waals surface area contributed by atoms with Crippen molar-refractivity contribution in [2.75, 3.05) is 0 Å². The number of nitrogens with zero attached hydrogens (tertiary/aromatic N) is 1. The standard InChI is InChI=1S/C26H20N2O/c1-2-8-24(29)28-26-21-11-5-4-10-20(21)25-19(12-7-13-22(25)26)18-15-17-9-3-6-14-23(17)27-16-18/h2-7,9-16,26H,1,8H2,(H,28,29). The minimum atomic E-state index is -0.151. The van der Waals surface area contributed by atoms with Gasteiger partial charge in [0.2, 0.25) is 5.91 Å². The molecule has 140 valence electrons. The minimum Gasteiger partial charge on any atom is -0.345 e. The highest BCUT2D eigenvalue weighted by atomic mass is 16.1. The molecule has 0 fully saturated rings. The van der Waals surface area contributed by atoms with Crippen LogP contribution in [0, 0.1) is 0 Å². The average Bonchev–Trinajstić information content (AvgIpc) is 3.07. The van der Waals surface area contributed by atoms with Gasteiger partial charge in [-0.15, -0.1) is 6.58 Å². The van der Waals surface area contributed by atoms with Gasteiger partial charge in [0, 0.05) is 23.6 Å². The predicted octanol–water partition coefficient (Wildman–Crippen LogP) is 5.66. The molecule has 0 saturated heterocycles. The van der Waals surface area contributed by atoms with Crippen molar-refractivity contribution in [3.8, 4) is 22.3 Å². The zero-order chi connectivity index (χ0) is 19.8. The van der Waals surface area contributed by atoms with Crippen molar-refractivity contribution in [3.63, 3.8) is 0 Å². The van der Waals surface area contributed by atoms with Crippen molar-refractivity contribution in [2.24, 2.45) is 0 Å². The van der Waals surface area contributed by atoms with Gasteiger partial charge in [-0.25, -0.2) is 0 Å². The molecule has 1 aliphatic rings. The number of rotatable bonds is 4. The van der Waals surface area contributed by atoms with E-state index in [2.05, 4.69) is 59.3 Å². The maximum Gasteiger partial charge on any atom is 0.224 e. The summed E-state index contributed by atoms with van der Waals surface area (Å²) in [5.41, 5.74) is 7.77. The number of pyridine rings is 1. The first-order chi connectivity index (χ1) is 14.3. The van der Waals surface area contributed by atoms with E-state index in [9.17, 15) is 4.79 Å². The average molecular weight is 376 g/mol. The molecule has 0 aliphatic heterocycles. The highest BCUT2D eigenvalue weighted by Gasteiger charge is 2.31. The predicted molar refractivity (Wildman–Crippen MR) is 117 cm³/mol. The van der Waals surface area contributed by atoms with E-state index in [0.717, 1.165) is 38.7 Å². The van der Waals surface area contributed by atoms with Crippen LogP contribution in [0.15, 0.2) is 91.6 Å². The lowest BCUT2D eigenvalue weighted by Gasteiger charge is -2.16. The van der Waals surface area contributed by atoms with Crippen LogP contribution in [-0.4, -0.2) is 10.9 Å². The van der Waals surface area contributed by atoms with Gasteiger partial charge in [-0.3, -0.25) is 9.78 Å². The summed E-state index contributed by atoms with van der Waals surface area (Å²) < 4.78 is 0. The summed E-state index contributed by atoms with van der Waals surface area (Å²) in [4.78, 5) is 17.0. The third-order valence-corrected chi connectivity index (χ3v) is 5.49. The van der Waals surface area contributed by atoms with Crippen molar-refractivity contribution in [1.29, 1.82) is 0 Å². The molecule has 5 rings (SSSR count). The molecule has 1 aromatic heterocycles. The topological polar surface area (TPSA) is 42.0 Å². The molecule has 1 atom stereocenters. The van der Waals surface area contributed by atoms with Gasteiger partial charge >= 0.3 is 0 Å². The fourth-order valence-corrected chi connectivity index (χ4v) is 4.22. The van der Waals surface area contributed by atoms with Gasteiger partial charge in [0.05, 0.1) is 11.6 Å². The van der Waals surface area contributed by atoms with Crippen molar-refractivity contribution >= 4 is 16.8 Å². The number of para-hydroxylation sites is 1. The Bertz CT molecular complexity index is 1260. The number of hydrogen-bond acceptors (Lipinski definition) is 2. The summed E-state index contributed by atoms with van der Waals surface area (Å²) in [6.45, 7) is 3.67. The van der Waals surface area contributed by atoms with E-state index in [-0.39, 0.29) is 11.9 Å². The van der Waals surface area contributed by atoms with Gasteiger partial charge in [-0.1, -0.05) is 66.7 Å². The Kier molecular flexibility index (Phi) is 4.21. The molecule has 1 N–H and O–H groups in total. The SMILES string of the molecule is C=CCC(=O)NC1c2ccccc2-c2c(-c3cnc4ccccc4c3)cccc21. The first-order valence-electron chi connectivity index (χ1n) is 9.74. The van der Waals surface area contributed by atoms with Gasteiger partial charge in [0.25, 0.3) is 0 Å². The Morgan fingerprint density at radius 1 is 0.966 bits per heavy atom. The van der Waals surface area contributed by atoms with E-state index in [0.29, 0.717) is 6.42 Å². The summed E-state index contributed by atoms with van der Waals surface area (Å²) in [6.07, 6.45) is 3.88. The maximum absolute atomic E-state index is 12.3. The van der Waals surface area contributed by atoms with Crippen LogP contribution in [0.4, 0.5) is 0 Å². The van der Waals surface area contributed by atoms with Gasteiger partial charge in [-0.05, 0) is 39.9 Å². The smallest absolute Gasteiger partial charge is 0.224 e. The number of carbonyl (C=O) groups excluding carboxylic acids is 1. The molecular formula is C26H20N2O. The second-order valence-electron chi connectivity index (χ2n) is 7.27. The molecule has 0 radical (unpaired) electrons. The van der Waals surface area contributed by atoms with Gasteiger partial charge in [0.15, 0.2) is 0 Å². The Morgan fingerprint density at radius 2 is 1.72 bits per heavy atom. The van der Waals surface area contributed by atoms with Gasteiger partial charge in [0.1, 0.15) is 0 Å². The van der Waals surface area contributed by atoms with E-state index in [1.807, 2.05) is 36.5 Å². The van der Waals surface area contributed by atoms with Crippen LogP contribution >= 0.6 is 0 Å². The summed E-state index contributed by atoms with van der Waals surface area (Å²) in [7, 11) is 0. The van der Waals surface area contributed by atoms with Crippen molar-refractivity contribution in [2.45, 2.75) is 12.5 Å². The van der Waals surface area contributed by atoms with Crippen LogP contribution in [0.25, 0.3) is 33.2 Å². The molecule has 0 bridgehead atoms. The van der Waals surface area contributed by atoms with Crippen LogP contribution in [0.1, 0.15) is 23.6 Å². The Morgan fingerprint density at radius 3 is 2.62 bits per heavy atom. The molecule has 1 aliphatic carbocycles. The molecule has 29 heavy (non-hydrogen) atoms. The summed E-state index contributed by atoms with van der Waals surface area (Å²) in [6, 6.07) is 24.8. The van der Waals surface area contributed by atoms with Crippen LogP contribution in [0.2, 0.25) is 0 Å². The Labute approximate surface area is 169 Å². The number of fused-ring (bicyclic) bond motifs is 4. The molecule has 1 heterocycles. The normalized spacial score (nSPS) is 14.3. The van der Waals surface area contributed by atoms with Crippen LogP contribution in [-0.2, 0) is 4.79 Å². The highest BCUT2D eigenvalue weighted by molar-refractivity contribution is 5.94. The molecule has 3 aromatic carbocycles. The van der Waals surface area contributed by atoms with Crippen molar-refractivity contribution in [3.05, 3.63) is 103 Å². The molecule has 4 aromatic rings. The molecule has 3 nitrogen and oxygen atoms in total. The molecular weight excluding hydrogens is 356 g/mol. The zero-order valence-corrected chi connectivity index (χ0v) is 15.9. The molecule has 0 saturated carbocycles. The molecule has 1 amide bonds. The monoisotopic (exact) mass is 376 g/mol. The third-order valence-electron chi connectivity index (χ3n) is 5.49. The lowest BCUT2D eigenvalue weighted by molar-refractivity contribution is -0.120. The number of benzene rings is 3. The lowest BCUT2D eigenvalue weighted by Crippen LogP contribution is -2.27. The van der Waals surface area contributed by atoms with E-state index >= 15 is 0 Å². The maximum atomic E-state index is 12.3. The number of nitrogens with one attached hydrogen (secondary N) is 1. The molecule has 1 unspecified atom stereocenters. The Balaban J connectivity index is 1.69. The minimum absolute atomic E-state index is 0.0228. The van der Waals surface area contributed by atoms with E-state index in [4.69, 9.17) is 0 Å². The number of hydrogen-bond donors (Lipinski definition) is 1. The number of carbonyl (C=O) groups is 1. The van der Waals surface area contributed by atoms with E-state index in [1.165, 1.54) is 5.56 Å². The zero-order valence-electron chi connectivity index (χ0n) is 15.9. The largest absolute Gasteiger partial charge is 0.345 e. The summed E-state index contributed by atoms with van der Waals surface area (Å²) in [5, 5.41) is 4.29. The molecule has 3 heteroatoms. The summed E-state index contributed by atoms with van der Waals surface area (Å²) in [5.74, 6) is -0.0228. The van der Waals surface area contributed by atoms with Gasteiger partial charge in [-0.2, -0.15) is 0 Å². The fourth-order valence-electron chi connectivity index (χ4n) is 4.22. The first kappa shape index (κ1) is 17.4. The first-order valence-corrected chi connectivity index (χ1v) is 9.74. The van der Waals surface area contributed by atoms with Crippen molar-refractivity contribution in [1.82, 2.24) is 10.3 Å². The molecule has 0 spiro atoms. The fraction of sp³-hybridized carbons (Fsp3) is 0.0769. The Hall–Kier alpha value is -3.72. The third kappa shape index (κ3) is 2.92. The highest BCUT2D eigenvalue weighted by Crippen LogP contribution is 2.48. The second-order valence-corrected chi connectivity index (χ2v) is 7.27. The number of amides is 1. The lowest BCUT2D eigenvalue weighted by atomic mass is 9.94. The van der Waals surface area contributed by atoms with Crippen molar-refractivity contribution < 1.29 is 4.79 Å². The second kappa shape index (κ2) is 7.02. The van der Waals surface area contributed by atoms with Crippen LogP contribution in [0.3, 0.4) is 0 Å². The van der Waals surface area contributed by atoms with E-state index < -0.39 is 0 Å². The van der Waals surface area contributed by atoms with Crippen LogP contribution in [0.5, 0.6) is 0 Å². The number of aromatic nitrogens is 1. The van der Waals surface area contributed by atoms with E-state index in [1.54, 1.807) is 6.08 Å².